The number of carboxylic acids is 1. The number of carboxylic acid groups (broad SMARTS) is 1. The molecule has 0 unspecified atom stereocenters. The molecule has 74 valence electrons. The molecule has 0 amide bonds. The molecule has 0 spiro atoms. The average molecular weight is 306 g/mol. The van der Waals surface area contributed by atoms with E-state index in [0.717, 1.165) is 0 Å². The van der Waals surface area contributed by atoms with Crippen molar-refractivity contribution in [2.24, 2.45) is 0 Å². The van der Waals surface area contributed by atoms with Crippen molar-refractivity contribution in [1.82, 2.24) is 0 Å². The zero-order chi connectivity index (χ0) is 10.7. The predicted molar refractivity (Wildman–Crippen MR) is 56.8 cm³/mol. The van der Waals surface area contributed by atoms with Gasteiger partial charge in [0.05, 0.1) is 9.13 Å². The maximum absolute atomic E-state index is 11.1. The van der Waals surface area contributed by atoms with E-state index in [2.05, 4.69) is 0 Å². The minimum absolute atomic E-state index is 0.0412. The molecule has 0 aromatic heterocycles. The van der Waals surface area contributed by atoms with Crippen molar-refractivity contribution in [1.29, 1.82) is 0 Å². The highest BCUT2D eigenvalue weighted by atomic mass is 127. The highest BCUT2D eigenvalue weighted by Crippen LogP contribution is 2.21. The quantitative estimate of drug-likeness (QED) is 0.685. The predicted octanol–water partition coefficient (Wildman–Crippen LogP) is 2.07. The lowest BCUT2D eigenvalue weighted by atomic mass is 10.1. The van der Waals surface area contributed by atoms with Crippen LogP contribution in [0.1, 0.15) is 27.6 Å². The lowest BCUT2D eigenvalue weighted by Crippen LogP contribution is -2.05. The van der Waals surface area contributed by atoms with Gasteiger partial charge in [-0.05, 0) is 13.0 Å². The zero-order valence-corrected chi connectivity index (χ0v) is 9.44. The molecule has 0 bridgehead atoms. The van der Waals surface area contributed by atoms with E-state index in [1.165, 1.54) is 25.1 Å². The summed E-state index contributed by atoms with van der Waals surface area (Å²) in [5.74, 6) is -1.42. The van der Waals surface area contributed by atoms with Crippen LogP contribution in [0, 0.1) is 3.57 Å². The molecule has 0 radical (unpaired) electrons. The van der Waals surface area contributed by atoms with Crippen molar-refractivity contribution >= 4 is 32.9 Å². The van der Waals surface area contributed by atoms with Gasteiger partial charge in [-0.15, -0.1) is 0 Å². The van der Waals surface area contributed by atoms with E-state index in [-0.39, 0.29) is 20.5 Å². The molecule has 0 saturated heterocycles. The van der Waals surface area contributed by atoms with Crippen molar-refractivity contribution < 1.29 is 17.8 Å². The van der Waals surface area contributed by atoms with E-state index >= 15 is 0 Å². The fourth-order valence-electron chi connectivity index (χ4n) is 1.05. The van der Waals surface area contributed by atoms with Crippen LogP contribution in [0.3, 0.4) is 0 Å². The van der Waals surface area contributed by atoms with Crippen molar-refractivity contribution in [3.8, 4) is 0 Å². The number of carbonyl (C=O) groups is 2. The molecule has 0 aliphatic carbocycles. The van der Waals surface area contributed by atoms with Crippen LogP contribution in [0.4, 0.5) is 0 Å². The third-order valence-electron chi connectivity index (χ3n) is 1.69. The SMILES string of the molecule is CC(=O)c1cccc(C(=O)O)c1I=O. The van der Waals surface area contributed by atoms with Crippen molar-refractivity contribution in [2.45, 2.75) is 6.92 Å². The van der Waals surface area contributed by atoms with Gasteiger partial charge >= 0.3 is 5.97 Å². The van der Waals surface area contributed by atoms with E-state index in [1.807, 2.05) is 0 Å². The molecule has 0 fully saturated rings. The van der Waals surface area contributed by atoms with E-state index in [9.17, 15) is 12.7 Å². The molecule has 0 aliphatic heterocycles. The Morgan fingerprint density at radius 2 is 1.86 bits per heavy atom. The topological polar surface area (TPSA) is 71.4 Å². The van der Waals surface area contributed by atoms with Crippen LogP contribution < -0.4 is 0 Å². The molecule has 1 rings (SSSR count). The summed E-state index contributed by atoms with van der Waals surface area (Å²) >= 11 is -1.65. The summed E-state index contributed by atoms with van der Waals surface area (Å²) in [7, 11) is 0. The van der Waals surface area contributed by atoms with Gasteiger partial charge in [-0.1, -0.05) is 12.1 Å². The maximum atomic E-state index is 11.1. The summed E-state index contributed by atoms with van der Waals surface area (Å²) in [5.41, 5.74) is 0.202. The normalized spacial score (nSPS) is 9.79. The number of aromatic carboxylic acids is 1. The van der Waals surface area contributed by atoms with Gasteiger partial charge in [0.25, 0.3) is 0 Å². The number of benzene rings is 1. The second-order valence-corrected chi connectivity index (χ2v) is 4.12. The first-order valence-corrected chi connectivity index (χ1v) is 5.68. The first-order chi connectivity index (χ1) is 6.57. The first-order valence-electron chi connectivity index (χ1n) is 3.72. The number of rotatable bonds is 3. The largest absolute Gasteiger partial charge is 0.478 e. The van der Waals surface area contributed by atoms with Gasteiger partial charge in [0.2, 0.25) is 0 Å². The van der Waals surface area contributed by atoms with Crippen LogP contribution >= 0.6 is 21.2 Å². The number of Topliss-reactive ketones (excluding diaryl/α,β-unsaturated/α-hetero) is 1. The van der Waals surface area contributed by atoms with Gasteiger partial charge in [-0.2, -0.15) is 0 Å². The summed E-state index contributed by atoms with van der Waals surface area (Å²) < 4.78 is 11.0. The highest BCUT2D eigenvalue weighted by Gasteiger charge is 2.16. The fraction of sp³-hybridized carbons (Fsp3) is 0.111. The van der Waals surface area contributed by atoms with Crippen LogP contribution in [-0.2, 0) is 3.07 Å². The molecule has 14 heavy (non-hydrogen) atoms. The maximum Gasteiger partial charge on any atom is 0.336 e. The Bertz CT molecular complexity index is 379. The van der Waals surface area contributed by atoms with Crippen LogP contribution in [0.2, 0.25) is 0 Å². The second kappa shape index (κ2) is 4.41. The van der Waals surface area contributed by atoms with Crippen LogP contribution in [0.5, 0.6) is 0 Å². The highest BCUT2D eigenvalue weighted by molar-refractivity contribution is 14.1. The first kappa shape index (κ1) is 11.0. The Morgan fingerprint density at radius 1 is 1.29 bits per heavy atom. The zero-order valence-electron chi connectivity index (χ0n) is 7.28. The van der Waals surface area contributed by atoms with Crippen LogP contribution in [0.25, 0.3) is 0 Å². The summed E-state index contributed by atoms with van der Waals surface area (Å²) in [6.07, 6.45) is 0. The van der Waals surface area contributed by atoms with E-state index in [0.29, 0.717) is 0 Å². The number of hydrogen-bond acceptors (Lipinski definition) is 3. The Balaban J connectivity index is 3.47. The summed E-state index contributed by atoms with van der Waals surface area (Å²) in [6, 6.07) is 4.31. The molecule has 0 heterocycles. The molecule has 1 N–H and O–H groups in total. The molecular weight excluding hydrogens is 299 g/mol. The van der Waals surface area contributed by atoms with Crippen molar-refractivity contribution in [2.75, 3.05) is 0 Å². The standard InChI is InChI=1S/C9H7IO4/c1-5(11)6-3-2-4-7(9(12)13)8(6)10-14/h2-4H,1H3,(H,12,13). The van der Waals surface area contributed by atoms with Gasteiger partial charge < -0.3 is 5.11 Å². The Kier molecular flexibility index (Phi) is 3.45. The van der Waals surface area contributed by atoms with E-state index in [1.54, 1.807) is 0 Å². The second-order valence-electron chi connectivity index (χ2n) is 2.61. The molecule has 5 heteroatoms. The van der Waals surface area contributed by atoms with Gasteiger partial charge in [0.1, 0.15) is 0 Å². The average Bonchev–Trinajstić information content (AvgIpc) is 2.16. The number of hydrogen-bond donors (Lipinski definition) is 1. The molecule has 1 aromatic rings. The summed E-state index contributed by atoms with van der Waals surface area (Å²) in [6.45, 7) is 1.32. The monoisotopic (exact) mass is 306 g/mol. The third kappa shape index (κ3) is 2.03. The van der Waals surface area contributed by atoms with Crippen LogP contribution in [0.15, 0.2) is 18.2 Å². The molecule has 0 aliphatic rings. The van der Waals surface area contributed by atoms with Gasteiger partial charge in [0.15, 0.2) is 27.0 Å². The van der Waals surface area contributed by atoms with Crippen molar-refractivity contribution in [3.63, 3.8) is 0 Å². The van der Waals surface area contributed by atoms with Gasteiger partial charge in [-0.3, -0.25) is 7.86 Å². The lowest BCUT2D eigenvalue weighted by Gasteiger charge is -2.02. The minimum atomic E-state index is -1.65. The molecular formula is C9H7IO4. The minimum Gasteiger partial charge on any atom is -0.478 e. The number of halogens is 1. The molecule has 0 atom stereocenters. The van der Waals surface area contributed by atoms with Crippen molar-refractivity contribution in [3.05, 3.63) is 32.9 Å². The number of ketones is 1. The molecule has 1 aromatic carbocycles. The lowest BCUT2D eigenvalue weighted by molar-refractivity contribution is 0.0695. The third-order valence-corrected chi connectivity index (χ3v) is 3.29. The van der Waals surface area contributed by atoms with Gasteiger partial charge in [0, 0.05) is 5.56 Å². The molecule has 0 saturated carbocycles. The smallest absolute Gasteiger partial charge is 0.336 e. The summed E-state index contributed by atoms with van der Waals surface area (Å²) in [4.78, 5) is 21.8. The Labute approximate surface area is 90.6 Å². The Hall–Kier alpha value is -1.11. The summed E-state index contributed by atoms with van der Waals surface area (Å²) in [5, 5.41) is 8.77. The van der Waals surface area contributed by atoms with Crippen LogP contribution in [-0.4, -0.2) is 16.9 Å². The number of carbonyl (C=O) groups excluding carboxylic acids is 1. The van der Waals surface area contributed by atoms with E-state index in [4.69, 9.17) is 5.11 Å². The van der Waals surface area contributed by atoms with Gasteiger partial charge in [-0.25, -0.2) is 4.79 Å². The fourth-order valence-corrected chi connectivity index (χ4v) is 2.50. The van der Waals surface area contributed by atoms with E-state index < -0.39 is 27.2 Å². The Morgan fingerprint density at radius 3 is 2.29 bits per heavy atom. The molecule has 4 nitrogen and oxygen atoms in total.